The number of hydrogen-bond donors (Lipinski definition) is 1. The van der Waals surface area contributed by atoms with Crippen LogP contribution in [0.4, 0.5) is 5.13 Å². The maximum Gasteiger partial charge on any atom is 0.203 e. The zero-order chi connectivity index (χ0) is 12.3. The first-order valence-corrected chi connectivity index (χ1v) is 6.27. The smallest absolute Gasteiger partial charge is 0.203 e. The van der Waals surface area contributed by atoms with E-state index in [2.05, 4.69) is 53.3 Å². The van der Waals surface area contributed by atoms with Crippen LogP contribution >= 0.6 is 11.3 Å². The van der Waals surface area contributed by atoms with Crippen LogP contribution in [-0.4, -0.2) is 22.1 Å². The van der Waals surface area contributed by atoms with Crippen LogP contribution in [0.2, 0.25) is 0 Å². The summed E-state index contributed by atoms with van der Waals surface area (Å²) in [6.45, 7) is 3.79. The Morgan fingerprint density at radius 2 is 2.12 bits per heavy atom. The van der Waals surface area contributed by atoms with Crippen molar-refractivity contribution in [2.75, 3.05) is 12.8 Å². The molecule has 2 aromatic rings. The molecule has 0 fully saturated rings. The van der Waals surface area contributed by atoms with E-state index in [0.717, 1.165) is 18.1 Å². The van der Waals surface area contributed by atoms with Crippen LogP contribution in [0.5, 0.6) is 0 Å². The Morgan fingerprint density at radius 1 is 1.29 bits per heavy atom. The van der Waals surface area contributed by atoms with Crippen molar-refractivity contribution in [1.29, 1.82) is 0 Å². The van der Waals surface area contributed by atoms with Gasteiger partial charge in [-0.25, -0.2) is 0 Å². The molecule has 90 valence electrons. The molecule has 0 atom stereocenters. The van der Waals surface area contributed by atoms with Crippen LogP contribution in [0, 0.1) is 6.92 Å². The molecule has 0 radical (unpaired) electrons. The molecule has 0 saturated carbocycles. The summed E-state index contributed by atoms with van der Waals surface area (Å²) in [5.74, 6) is 0. The molecule has 1 heterocycles. The Bertz CT molecular complexity index is 495. The topological polar surface area (TPSA) is 55.0 Å². The van der Waals surface area contributed by atoms with Crippen molar-refractivity contribution in [1.82, 2.24) is 15.1 Å². The van der Waals surface area contributed by atoms with Crippen LogP contribution in [0.25, 0.3) is 0 Å². The lowest BCUT2D eigenvalue weighted by Crippen LogP contribution is -2.17. The first-order chi connectivity index (χ1) is 8.13. The Labute approximate surface area is 105 Å². The highest BCUT2D eigenvalue weighted by molar-refractivity contribution is 7.15. The quantitative estimate of drug-likeness (QED) is 0.900. The van der Waals surface area contributed by atoms with Crippen LogP contribution in [-0.2, 0) is 13.1 Å². The van der Waals surface area contributed by atoms with Gasteiger partial charge in [0.15, 0.2) is 0 Å². The molecular formula is C12H16N4S. The van der Waals surface area contributed by atoms with Crippen molar-refractivity contribution in [3.05, 3.63) is 40.4 Å². The van der Waals surface area contributed by atoms with Gasteiger partial charge in [0.1, 0.15) is 5.01 Å². The number of rotatable bonds is 4. The lowest BCUT2D eigenvalue weighted by Gasteiger charge is -2.14. The van der Waals surface area contributed by atoms with Crippen molar-refractivity contribution >= 4 is 16.5 Å². The standard InChI is InChI=1S/C12H16N4S/c1-9-4-3-5-10(6-9)7-16(2)8-11-14-15-12(13)17-11/h3-6H,7-8H2,1-2H3,(H2,13,15). The molecule has 0 spiro atoms. The summed E-state index contributed by atoms with van der Waals surface area (Å²) in [6, 6.07) is 8.53. The van der Waals surface area contributed by atoms with Crippen LogP contribution in [0.3, 0.4) is 0 Å². The molecule has 1 aromatic heterocycles. The van der Waals surface area contributed by atoms with Crippen molar-refractivity contribution in [3.63, 3.8) is 0 Å². The molecule has 0 bridgehead atoms. The zero-order valence-corrected chi connectivity index (χ0v) is 10.9. The number of nitrogens with two attached hydrogens (primary N) is 1. The van der Waals surface area contributed by atoms with E-state index in [1.165, 1.54) is 22.5 Å². The highest BCUT2D eigenvalue weighted by Gasteiger charge is 2.06. The first-order valence-electron chi connectivity index (χ1n) is 5.45. The molecule has 1 aromatic carbocycles. The number of benzene rings is 1. The van der Waals surface area contributed by atoms with E-state index >= 15 is 0 Å². The van der Waals surface area contributed by atoms with E-state index in [4.69, 9.17) is 5.73 Å². The fraction of sp³-hybridized carbons (Fsp3) is 0.333. The molecule has 2 N–H and O–H groups in total. The van der Waals surface area contributed by atoms with Gasteiger partial charge in [-0.05, 0) is 19.5 Å². The van der Waals surface area contributed by atoms with Gasteiger partial charge in [-0.2, -0.15) is 0 Å². The molecular weight excluding hydrogens is 232 g/mol. The molecule has 5 heteroatoms. The SMILES string of the molecule is Cc1cccc(CN(C)Cc2nnc(N)s2)c1. The van der Waals surface area contributed by atoms with Crippen molar-refractivity contribution in [2.24, 2.45) is 0 Å². The summed E-state index contributed by atoms with van der Waals surface area (Å²) in [5.41, 5.74) is 8.15. The average molecular weight is 248 g/mol. The maximum atomic E-state index is 5.55. The Kier molecular flexibility index (Phi) is 3.71. The number of anilines is 1. The van der Waals surface area contributed by atoms with Crippen molar-refractivity contribution < 1.29 is 0 Å². The van der Waals surface area contributed by atoms with Crippen molar-refractivity contribution in [3.8, 4) is 0 Å². The van der Waals surface area contributed by atoms with Gasteiger partial charge < -0.3 is 5.73 Å². The predicted octanol–water partition coefficient (Wildman–Crippen LogP) is 2.06. The van der Waals surface area contributed by atoms with E-state index in [-0.39, 0.29) is 0 Å². The summed E-state index contributed by atoms with van der Waals surface area (Å²) in [7, 11) is 2.07. The molecule has 0 aliphatic heterocycles. The molecule has 17 heavy (non-hydrogen) atoms. The van der Waals surface area contributed by atoms with E-state index in [9.17, 15) is 0 Å². The number of nitrogens with zero attached hydrogens (tertiary/aromatic N) is 3. The second-order valence-corrected chi connectivity index (χ2v) is 5.29. The molecule has 0 amide bonds. The van der Waals surface area contributed by atoms with Gasteiger partial charge >= 0.3 is 0 Å². The first kappa shape index (κ1) is 12.0. The largest absolute Gasteiger partial charge is 0.374 e. The van der Waals surface area contributed by atoms with Gasteiger partial charge in [-0.15, -0.1) is 10.2 Å². The number of hydrogen-bond acceptors (Lipinski definition) is 5. The summed E-state index contributed by atoms with van der Waals surface area (Å²) in [6.07, 6.45) is 0. The normalized spacial score (nSPS) is 11.0. The van der Waals surface area contributed by atoms with Crippen LogP contribution < -0.4 is 5.73 Å². The highest BCUT2D eigenvalue weighted by Crippen LogP contribution is 2.14. The average Bonchev–Trinajstić information content (AvgIpc) is 2.63. The molecule has 4 nitrogen and oxygen atoms in total. The minimum atomic E-state index is 0.531. The third kappa shape index (κ3) is 3.51. The summed E-state index contributed by atoms with van der Waals surface area (Å²) in [4.78, 5) is 2.20. The number of aryl methyl sites for hydroxylation is 1. The van der Waals surface area contributed by atoms with E-state index in [1.54, 1.807) is 0 Å². The van der Waals surface area contributed by atoms with Gasteiger partial charge in [0.05, 0.1) is 6.54 Å². The lowest BCUT2D eigenvalue weighted by molar-refractivity contribution is 0.317. The highest BCUT2D eigenvalue weighted by atomic mass is 32.1. The molecule has 0 saturated heterocycles. The van der Waals surface area contributed by atoms with Crippen LogP contribution in [0.1, 0.15) is 16.1 Å². The Balaban J connectivity index is 1.95. The van der Waals surface area contributed by atoms with E-state index < -0.39 is 0 Å². The van der Waals surface area contributed by atoms with Gasteiger partial charge in [0, 0.05) is 6.54 Å². The third-order valence-corrected chi connectivity index (χ3v) is 3.16. The van der Waals surface area contributed by atoms with Gasteiger partial charge in [0.2, 0.25) is 5.13 Å². The van der Waals surface area contributed by atoms with Gasteiger partial charge in [-0.3, -0.25) is 4.90 Å². The number of aromatic nitrogens is 2. The fourth-order valence-corrected chi connectivity index (χ4v) is 2.43. The lowest BCUT2D eigenvalue weighted by atomic mass is 10.1. The second-order valence-electron chi connectivity index (χ2n) is 4.20. The maximum absolute atomic E-state index is 5.55. The number of nitrogen functional groups attached to an aromatic ring is 1. The predicted molar refractivity (Wildman–Crippen MR) is 70.7 cm³/mol. The minimum Gasteiger partial charge on any atom is -0.374 e. The summed E-state index contributed by atoms with van der Waals surface area (Å²) >= 11 is 1.44. The summed E-state index contributed by atoms with van der Waals surface area (Å²) < 4.78 is 0. The molecule has 0 unspecified atom stereocenters. The zero-order valence-electron chi connectivity index (χ0n) is 10.1. The van der Waals surface area contributed by atoms with Crippen LogP contribution in [0.15, 0.2) is 24.3 Å². The van der Waals surface area contributed by atoms with E-state index in [0.29, 0.717) is 5.13 Å². The third-order valence-electron chi connectivity index (χ3n) is 2.42. The van der Waals surface area contributed by atoms with E-state index in [1.807, 2.05) is 0 Å². The minimum absolute atomic E-state index is 0.531. The fourth-order valence-electron chi connectivity index (χ4n) is 1.74. The Hall–Kier alpha value is -1.46. The molecule has 0 aliphatic carbocycles. The summed E-state index contributed by atoms with van der Waals surface area (Å²) in [5, 5.41) is 9.31. The second kappa shape index (κ2) is 5.25. The van der Waals surface area contributed by atoms with Gasteiger partial charge in [0.25, 0.3) is 0 Å². The monoisotopic (exact) mass is 248 g/mol. The Morgan fingerprint density at radius 3 is 2.76 bits per heavy atom. The molecule has 2 rings (SSSR count). The van der Waals surface area contributed by atoms with Crippen molar-refractivity contribution in [2.45, 2.75) is 20.0 Å². The van der Waals surface area contributed by atoms with Gasteiger partial charge in [-0.1, -0.05) is 41.2 Å². The molecule has 0 aliphatic rings.